The topological polar surface area (TPSA) is 80.3 Å². The fraction of sp³-hybridized carbons (Fsp3) is 0.667. The van der Waals surface area contributed by atoms with E-state index >= 15 is 0 Å². The lowest BCUT2D eigenvalue weighted by Crippen LogP contribution is -2.28. The molecule has 1 aromatic rings. The Labute approximate surface area is 184 Å². The van der Waals surface area contributed by atoms with Gasteiger partial charge in [0.15, 0.2) is 18.7 Å². The van der Waals surface area contributed by atoms with Crippen molar-refractivity contribution < 1.29 is 33.3 Å². The Bertz CT molecular complexity index is 740. The van der Waals surface area contributed by atoms with E-state index in [0.29, 0.717) is 36.5 Å². The molecule has 2 heterocycles. The highest BCUT2D eigenvalue weighted by Gasteiger charge is 2.30. The molecule has 0 spiro atoms. The smallest absolute Gasteiger partial charge is 0.343 e. The highest BCUT2D eigenvalue weighted by Crippen LogP contribution is 2.38. The molecule has 1 aromatic carbocycles. The molecule has 7 heteroatoms. The van der Waals surface area contributed by atoms with Crippen molar-refractivity contribution in [2.24, 2.45) is 0 Å². The Morgan fingerprint density at radius 1 is 1.23 bits per heavy atom. The Morgan fingerprint density at radius 2 is 2.10 bits per heavy atom. The Morgan fingerprint density at radius 3 is 2.84 bits per heavy atom. The second-order valence-corrected chi connectivity index (χ2v) is 8.06. The summed E-state index contributed by atoms with van der Waals surface area (Å²) in [6, 6.07) is 3.48. The monoisotopic (exact) mass is 434 g/mol. The molecule has 0 saturated carbocycles. The number of unbranched alkanes of at least 4 members (excludes halogenated alkanes) is 1. The summed E-state index contributed by atoms with van der Waals surface area (Å²) in [4.78, 5) is 24.2. The van der Waals surface area contributed by atoms with Gasteiger partial charge in [-0.05, 0) is 57.1 Å². The van der Waals surface area contributed by atoms with Crippen LogP contribution in [0.4, 0.5) is 0 Å². The molecule has 2 aliphatic rings. The molecule has 0 amide bonds. The van der Waals surface area contributed by atoms with Crippen LogP contribution in [0.15, 0.2) is 12.1 Å². The highest BCUT2D eigenvalue weighted by molar-refractivity contribution is 6.00. The molecule has 2 atom stereocenters. The average molecular weight is 435 g/mol. The maximum absolute atomic E-state index is 12.7. The second-order valence-electron chi connectivity index (χ2n) is 8.06. The minimum absolute atomic E-state index is 0.0619. The van der Waals surface area contributed by atoms with Crippen LogP contribution < -0.4 is 9.47 Å². The maximum atomic E-state index is 12.7. The number of hydrogen-bond donors (Lipinski definition) is 0. The lowest BCUT2D eigenvalue weighted by molar-refractivity contribution is -0.162. The van der Waals surface area contributed by atoms with Gasteiger partial charge in [-0.25, -0.2) is 4.79 Å². The van der Waals surface area contributed by atoms with Crippen molar-refractivity contribution in [3.05, 3.63) is 23.3 Å². The predicted octanol–water partition coefficient (Wildman–Crippen LogP) is 4.24. The van der Waals surface area contributed by atoms with Gasteiger partial charge >= 0.3 is 5.97 Å². The van der Waals surface area contributed by atoms with Crippen molar-refractivity contribution >= 4 is 11.8 Å². The van der Waals surface area contributed by atoms with Crippen molar-refractivity contribution in [3.63, 3.8) is 0 Å². The zero-order valence-corrected chi connectivity index (χ0v) is 18.7. The number of rotatable bonds is 11. The Balaban J connectivity index is 1.56. The molecule has 172 valence electrons. The van der Waals surface area contributed by atoms with Crippen LogP contribution in [0.5, 0.6) is 11.5 Å². The van der Waals surface area contributed by atoms with Gasteiger partial charge in [-0.1, -0.05) is 13.3 Å². The molecular formula is C24H34O7. The van der Waals surface area contributed by atoms with Crippen molar-refractivity contribution in [2.45, 2.75) is 77.1 Å². The average Bonchev–Trinajstić information content (AvgIpc) is 2.79. The van der Waals surface area contributed by atoms with Crippen LogP contribution in [0, 0.1) is 0 Å². The fourth-order valence-electron chi connectivity index (χ4n) is 4.00. The van der Waals surface area contributed by atoms with Gasteiger partial charge in [0.1, 0.15) is 17.6 Å². The number of hydrogen-bond acceptors (Lipinski definition) is 7. The molecule has 0 aromatic heterocycles. The van der Waals surface area contributed by atoms with Gasteiger partial charge in [-0.2, -0.15) is 0 Å². The van der Waals surface area contributed by atoms with Crippen molar-refractivity contribution in [1.29, 1.82) is 0 Å². The second kappa shape index (κ2) is 12.1. The third-order valence-electron chi connectivity index (χ3n) is 5.65. The first kappa shape index (κ1) is 23.5. The van der Waals surface area contributed by atoms with E-state index in [1.54, 1.807) is 12.1 Å². The third kappa shape index (κ3) is 6.68. The van der Waals surface area contributed by atoms with Gasteiger partial charge < -0.3 is 23.7 Å². The van der Waals surface area contributed by atoms with E-state index in [4.69, 9.17) is 18.9 Å². The number of fused-ring (bicyclic) bond motifs is 1. The summed E-state index contributed by atoms with van der Waals surface area (Å²) >= 11 is 0. The van der Waals surface area contributed by atoms with E-state index in [2.05, 4.69) is 11.7 Å². The number of benzene rings is 1. The third-order valence-corrected chi connectivity index (χ3v) is 5.65. The van der Waals surface area contributed by atoms with E-state index in [0.717, 1.165) is 57.1 Å². The first-order valence-electron chi connectivity index (χ1n) is 11.4. The summed E-state index contributed by atoms with van der Waals surface area (Å²) in [5.74, 6) is 0.823. The SMILES string of the molecule is CCCc1c(OCC(=O)OC)ccc2c1OC(CCCCOC1CCCCO1)CC2=O. The number of methoxy groups -OCH3 is 1. The molecule has 1 fully saturated rings. The number of ether oxygens (including phenoxy) is 5. The van der Waals surface area contributed by atoms with Crippen molar-refractivity contribution in [1.82, 2.24) is 0 Å². The predicted molar refractivity (Wildman–Crippen MR) is 115 cm³/mol. The van der Waals surface area contributed by atoms with Crippen molar-refractivity contribution in [3.8, 4) is 11.5 Å². The first-order chi connectivity index (χ1) is 15.1. The summed E-state index contributed by atoms with van der Waals surface area (Å²) < 4.78 is 28.0. The minimum atomic E-state index is -0.448. The summed E-state index contributed by atoms with van der Waals surface area (Å²) in [5.41, 5.74) is 1.45. The number of Topliss-reactive ketones (excluding diaryl/α,β-unsaturated/α-hetero) is 1. The van der Waals surface area contributed by atoms with Crippen LogP contribution in [-0.4, -0.2) is 51.1 Å². The quantitative estimate of drug-likeness (QED) is 0.381. The van der Waals surface area contributed by atoms with Gasteiger partial charge in [-0.3, -0.25) is 4.79 Å². The molecule has 31 heavy (non-hydrogen) atoms. The molecule has 0 N–H and O–H groups in total. The molecule has 0 radical (unpaired) electrons. The van der Waals surface area contributed by atoms with Crippen LogP contribution in [0.3, 0.4) is 0 Å². The molecule has 3 rings (SSSR count). The molecule has 2 unspecified atom stereocenters. The van der Waals surface area contributed by atoms with Crippen LogP contribution in [-0.2, 0) is 25.4 Å². The molecule has 0 aliphatic carbocycles. The van der Waals surface area contributed by atoms with Crippen LogP contribution >= 0.6 is 0 Å². The molecule has 2 aliphatic heterocycles. The maximum Gasteiger partial charge on any atom is 0.343 e. The molecular weight excluding hydrogens is 400 g/mol. The van der Waals surface area contributed by atoms with E-state index < -0.39 is 5.97 Å². The number of carbonyl (C=O) groups excluding carboxylic acids is 2. The van der Waals surface area contributed by atoms with Crippen molar-refractivity contribution in [2.75, 3.05) is 26.9 Å². The lowest BCUT2D eigenvalue weighted by atomic mass is 9.94. The van der Waals surface area contributed by atoms with E-state index in [9.17, 15) is 9.59 Å². The lowest BCUT2D eigenvalue weighted by Gasteiger charge is -2.28. The largest absolute Gasteiger partial charge is 0.489 e. The molecule has 0 bridgehead atoms. The van der Waals surface area contributed by atoms with Gasteiger partial charge in [0.05, 0.1) is 12.7 Å². The van der Waals surface area contributed by atoms with E-state index in [1.165, 1.54) is 7.11 Å². The molecule has 7 nitrogen and oxygen atoms in total. The zero-order chi connectivity index (χ0) is 22.1. The zero-order valence-electron chi connectivity index (χ0n) is 18.7. The highest BCUT2D eigenvalue weighted by atomic mass is 16.7. The molecule has 1 saturated heterocycles. The number of carbonyl (C=O) groups is 2. The van der Waals surface area contributed by atoms with Gasteiger partial charge in [0.2, 0.25) is 0 Å². The van der Waals surface area contributed by atoms with E-state index in [-0.39, 0.29) is 24.8 Å². The van der Waals surface area contributed by atoms with Gasteiger partial charge in [0, 0.05) is 25.2 Å². The minimum Gasteiger partial charge on any atom is -0.489 e. The Hall–Kier alpha value is -2.12. The Kier molecular flexibility index (Phi) is 9.15. The van der Waals surface area contributed by atoms with Crippen LogP contribution in [0.2, 0.25) is 0 Å². The normalized spacial score (nSPS) is 20.6. The number of esters is 1. The van der Waals surface area contributed by atoms with Gasteiger partial charge in [0.25, 0.3) is 0 Å². The fourth-order valence-corrected chi connectivity index (χ4v) is 4.00. The first-order valence-corrected chi connectivity index (χ1v) is 11.4. The summed E-state index contributed by atoms with van der Waals surface area (Å²) in [6.45, 7) is 3.33. The van der Waals surface area contributed by atoms with Gasteiger partial charge in [-0.15, -0.1) is 0 Å². The standard InChI is InChI=1S/C24H34O7/c1-3-8-19-21(30-16-22(26)27-2)12-11-18-20(25)15-17(31-24(18)19)9-4-6-13-28-23-10-5-7-14-29-23/h11-12,17,23H,3-10,13-16H2,1-2H3. The number of ketones is 1. The summed E-state index contributed by atoms with van der Waals surface area (Å²) in [6.07, 6.45) is 7.60. The van der Waals surface area contributed by atoms with Crippen LogP contribution in [0.1, 0.15) is 74.2 Å². The summed E-state index contributed by atoms with van der Waals surface area (Å²) in [5, 5.41) is 0. The van der Waals surface area contributed by atoms with Crippen LogP contribution in [0.25, 0.3) is 0 Å². The van der Waals surface area contributed by atoms with E-state index in [1.807, 2.05) is 0 Å². The summed E-state index contributed by atoms with van der Waals surface area (Å²) in [7, 11) is 1.32.